The predicted molar refractivity (Wildman–Crippen MR) is 37.1 cm³/mol. The third kappa shape index (κ3) is 201. The second-order valence-electron chi connectivity index (χ2n) is 0.697. The Morgan fingerprint density at radius 2 is 1.62 bits per heavy atom. The van der Waals surface area contributed by atoms with Gasteiger partial charge in [-0.3, -0.25) is 6.58 Å². The molecule has 0 fully saturated rings. The van der Waals surface area contributed by atoms with Crippen LogP contribution in [0.1, 0.15) is 20.8 Å². The number of allylic oxidation sites excluding steroid dienone is 1. The van der Waals surface area contributed by atoms with Crippen LogP contribution < -0.4 is 0 Å². The zero-order valence-corrected chi connectivity index (χ0v) is 11.4. The predicted octanol–water partition coefficient (Wildman–Crippen LogP) is 2.82. The molecule has 8 heavy (non-hydrogen) atoms. The number of hydrogen-bond donors (Lipinski definition) is 0. The monoisotopic (exact) mass is 366 g/mol. The van der Waals surface area contributed by atoms with E-state index in [0.29, 0.717) is 0 Å². The zero-order chi connectivity index (χ0) is 5.41. The van der Waals surface area contributed by atoms with Crippen molar-refractivity contribution in [1.29, 1.82) is 0 Å². The SMILES string of the molecule is C.C=CCC.[CH-]=C.[Rf]. The fraction of sp³-hybridized carbons (Fsp3) is 0.429. The maximum absolute atomic E-state index is 4.25. The number of rotatable bonds is 1. The van der Waals surface area contributed by atoms with Gasteiger partial charge in [0.05, 0.1) is 0 Å². The molecule has 0 heterocycles. The van der Waals surface area contributed by atoms with Gasteiger partial charge in [-0.05, 0) is 6.42 Å². The molecule has 0 aliphatic carbocycles. The van der Waals surface area contributed by atoms with Crippen molar-refractivity contribution >= 4 is 0 Å². The van der Waals surface area contributed by atoms with Crippen LogP contribution in [-0.4, -0.2) is 0 Å². The van der Waals surface area contributed by atoms with E-state index in [0.717, 1.165) is 6.42 Å². The summed E-state index contributed by atoms with van der Waals surface area (Å²) < 4.78 is 0. The normalized spacial score (nSPS) is 3.62. The minimum Gasteiger partial charge on any atom is -0.521 e. The molecule has 0 rings (SSSR count). The van der Waals surface area contributed by atoms with E-state index < -0.39 is 0 Å². The molecule has 0 unspecified atom stereocenters. The molecular weight excluding hydrogens is 351 g/mol. The Morgan fingerprint density at radius 1 is 1.50 bits per heavy atom. The van der Waals surface area contributed by atoms with Crippen molar-refractivity contribution in [3.8, 4) is 0 Å². The minimum atomic E-state index is 0. The van der Waals surface area contributed by atoms with Crippen LogP contribution in [0.3, 0.4) is 0 Å². The Kier molecular flexibility index (Phi) is 1890. The van der Waals surface area contributed by atoms with Crippen molar-refractivity contribution in [2.24, 2.45) is 0 Å². The molecule has 0 saturated heterocycles. The van der Waals surface area contributed by atoms with Crippen molar-refractivity contribution in [2.75, 3.05) is 0 Å². The third-order valence-electron chi connectivity index (χ3n) is 0.289. The molecule has 46 valence electrons. The van der Waals surface area contributed by atoms with E-state index in [1.54, 1.807) is 0 Å². The molecule has 0 spiro atoms. The van der Waals surface area contributed by atoms with E-state index in [4.69, 9.17) is 0 Å². The summed E-state index contributed by atoms with van der Waals surface area (Å²) >= 11 is 0. The van der Waals surface area contributed by atoms with Gasteiger partial charge in [-0.15, -0.1) is 6.58 Å². The van der Waals surface area contributed by atoms with E-state index in [2.05, 4.69) is 26.7 Å². The maximum atomic E-state index is 4.25. The largest absolute Gasteiger partial charge is 0.521 e. The van der Waals surface area contributed by atoms with Crippen LogP contribution in [0.4, 0.5) is 0 Å². The Balaban J connectivity index is -0.0000000183. The summed E-state index contributed by atoms with van der Waals surface area (Å²) in [6.45, 7) is 12.5. The van der Waals surface area contributed by atoms with Gasteiger partial charge in [0.25, 0.3) is 0 Å². The Morgan fingerprint density at radius 3 is 1.62 bits per heavy atom. The minimum absolute atomic E-state index is 0. The molecule has 0 aliphatic rings. The molecule has 0 aliphatic heterocycles. The Bertz CT molecular complexity index is 25.6. The standard InChI is InChI=1S/C4H8.C2H3.CH4.Rf/c1-3-4-2;1-2;;/h3H,1,4H2,2H3;1H,2H2;1H4;/q;-1;;. The van der Waals surface area contributed by atoms with E-state index in [-0.39, 0.29) is 7.43 Å². The molecule has 1 heteroatoms. The molecule has 0 nitrogen and oxygen atoms in total. The average molecular weight is 366 g/mol. The molecule has 0 saturated carbocycles. The third-order valence-corrected chi connectivity index (χ3v) is 0.289. The summed E-state index contributed by atoms with van der Waals surface area (Å²) in [5, 5.41) is 0. The van der Waals surface area contributed by atoms with Gasteiger partial charge in [-0.2, -0.15) is 0 Å². The van der Waals surface area contributed by atoms with Gasteiger partial charge in [0.1, 0.15) is 0 Å². The number of hydrogen-bond acceptors (Lipinski definition) is 0. The molecule has 0 amide bonds. The first-order valence-corrected chi connectivity index (χ1v) is 1.93. The van der Waals surface area contributed by atoms with E-state index in [9.17, 15) is 0 Å². The van der Waals surface area contributed by atoms with Gasteiger partial charge in [-0.25, -0.2) is 0 Å². The molecule has 0 bridgehead atoms. The zero-order valence-electron chi connectivity index (χ0n) is 4.98. The van der Waals surface area contributed by atoms with Crippen LogP contribution >= 0.6 is 0 Å². The van der Waals surface area contributed by atoms with Crippen LogP contribution in [0.25, 0.3) is 0 Å². The van der Waals surface area contributed by atoms with Gasteiger partial charge >= 0.3 is 0 Å². The fourth-order valence-corrected chi connectivity index (χ4v) is 0. The summed E-state index contributed by atoms with van der Waals surface area (Å²) in [6, 6.07) is 0. The van der Waals surface area contributed by atoms with Gasteiger partial charge < -0.3 is 6.58 Å². The fourth-order valence-electron chi connectivity index (χ4n) is 0. The van der Waals surface area contributed by atoms with E-state index >= 15 is 0 Å². The summed E-state index contributed by atoms with van der Waals surface area (Å²) in [6.07, 6.45) is 2.96. The second kappa shape index (κ2) is 477. The first-order valence-electron chi connectivity index (χ1n) is 1.93. The van der Waals surface area contributed by atoms with Gasteiger partial charge in [0, 0.05) is 0 Å². The quantitative estimate of drug-likeness (QED) is 0.495. The van der Waals surface area contributed by atoms with Gasteiger partial charge in [0.2, 0.25) is 0 Å². The van der Waals surface area contributed by atoms with Crippen molar-refractivity contribution < 1.29 is 0 Å². The van der Waals surface area contributed by atoms with Gasteiger partial charge in [0.15, 0.2) is 0 Å². The molecule has 0 aromatic carbocycles. The van der Waals surface area contributed by atoms with Crippen molar-refractivity contribution in [2.45, 2.75) is 20.8 Å². The molecule has 0 aromatic rings. The van der Waals surface area contributed by atoms with Crippen LogP contribution in [0.2, 0.25) is 0 Å². The van der Waals surface area contributed by atoms with E-state index in [1.165, 1.54) is 0 Å². The van der Waals surface area contributed by atoms with Crippen molar-refractivity contribution in [3.05, 3.63) is 25.8 Å². The van der Waals surface area contributed by atoms with Crippen LogP contribution in [0.5, 0.6) is 0 Å². The summed E-state index contributed by atoms with van der Waals surface area (Å²) in [4.78, 5) is 0. The van der Waals surface area contributed by atoms with Crippen molar-refractivity contribution in [1.82, 2.24) is 0 Å². The van der Waals surface area contributed by atoms with Crippen LogP contribution in [0.15, 0.2) is 19.2 Å². The Labute approximate surface area is 47.6 Å². The molecule has 0 aromatic heterocycles. The average Bonchev–Trinajstić information content (AvgIpc) is 1.72. The van der Waals surface area contributed by atoms with E-state index in [1.807, 2.05) is 6.08 Å². The van der Waals surface area contributed by atoms with Crippen LogP contribution in [0, 0.1) is 6.58 Å². The molecular formula is C7H15Rf-. The maximum Gasteiger partial charge on any atom is 0 e. The molecule has 0 radical (unpaired) electrons. The van der Waals surface area contributed by atoms with Crippen LogP contribution in [-0.2, 0) is 0 Å². The first-order chi connectivity index (χ1) is 2.91. The smallest absolute Gasteiger partial charge is 0 e. The Hall–Kier alpha value is -1.52. The molecule has 0 atom stereocenters. The first kappa shape index (κ1) is 31.6. The van der Waals surface area contributed by atoms with Gasteiger partial charge in [-0.1, -0.05) is 20.4 Å². The summed E-state index contributed by atoms with van der Waals surface area (Å²) in [7, 11) is 0. The summed E-state index contributed by atoms with van der Waals surface area (Å²) in [5.41, 5.74) is 0. The second-order valence-corrected chi connectivity index (χ2v) is 0.697. The van der Waals surface area contributed by atoms with Crippen molar-refractivity contribution in [3.63, 3.8) is 0 Å². The topological polar surface area (TPSA) is 0 Å². The molecule has 0 N–H and O–H groups in total. The summed E-state index contributed by atoms with van der Waals surface area (Å²) in [5.74, 6) is 0.